The SMILES string of the molecule is CNC(C)Cc1ccc(NCCCS)cc1. The van der Waals surface area contributed by atoms with Gasteiger partial charge in [0.05, 0.1) is 0 Å². The van der Waals surface area contributed by atoms with Gasteiger partial charge in [-0.05, 0) is 50.3 Å². The van der Waals surface area contributed by atoms with Crippen molar-refractivity contribution in [3.8, 4) is 0 Å². The maximum Gasteiger partial charge on any atom is 0.0340 e. The topological polar surface area (TPSA) is 24.1 Å². The van der Waals surface area contributed by atoms with E-state index in [4.69, 9.17) is 0 Å². The zero-order valence-electron chi connectivity index (χ0n) is 10.2. The number of rotatable bonds is 7. The Kier molecular flexibility index (Phi) is 6.34. The van der Waals surface area contributed by atoms with Crippen molar-refractivity contribution >= 4 is 18.3 Å². The number of benzene rings is 1. The fourth-order valence-electron chi connectivity index (χ4n) is 1.53. The molecule has 0 aliphatic rings. The van der Waals surface area contributed by atoms with Crippen LogP contribution in [0.3, 0.4) is 0 Å². The van der Waals surface area contributed by atoms with Crippen LogP contribution in [0.1, 0.15) is 18.9 Å². The molecule has 0 saturated carbocycles. The van der Waals surface area contributed by atoms with Gasteiger partial charge in [0.15, 0.2) is 0 Å². The van der Waals surface area contributed by atoms with Crippen molar-refractivity contribution in [3.05, 3.63) is 29.8 Å². The van der Waals surface area contributed by atoms with E-state index in [-0.39, 0.29) is 0 Å². The molecule has 1 unspecified atom stereocenters. The quantitative estimate of drug-likeness (QED) is 0.502. The minimum absolute atomic E-state index is 0.531. The Morgan fingerprint density at radius 1 is 1.25 bits per heavy atom. The lowest BCUT2D eigenvalue weighted by atomic mass is 10.1. The molecule has 90 valence electrons. The van der Waals surface area contributed by atoms with Crippen LogP contribution in [0.25, 0.3) is 0 Å². The van der Waals surface area contributed by atoms with Gasteiger partial charge >= 0.3 is 0 Å². The molecule has 0 amide bonds. The van der Waals surface area contributed by atoms with Crippen LogP contribution >= 0.6 is 12.6 Å². The highest BCUT2D eigenvalue weighted by Crippen LogP contribution is 2.11. The first kappa shape index (κ1) is 13.4. The Morgan fingerprint density at radius 2 is 1.94 bits per heavy atom. The normalized spacial score (nSPS) is 12.4. The van der Waals surface area contributed by atoms with Crippen LogP contribution < -0.4 is 10.6 Å². The highest BCUT2D eigenvalue weighted by molar-refractivity contribution is 7.80. The molecule has 0 heterocycles. The number of hydrogen-bond acceptors (Lipinski definition) is 3. The largest absolute Gasteiger partial charge is 0.385 e. The minimum Gasteiger partial charge on any atom is -0.385 e. The van der Waals surface area contributed by atoms with Crippen LogP contribution in [0.5, 0.6) is 0 Å². The molecular formula is C13H22N2S. The summed E-state index contributed by atoms with van der Waals surface area (Å²) in [5.74, 6) is 0.935. The fraction of sp³-hybridized carbons (Fsp3) is 0.538. The van der Waals surface area contributed by atoms with Crippen molar-refractivity contribution < 1.29 is 0 Å². The first-order valence-corrected chi connectivity index (χ1v) is 6.50. The van der Waals surface area contributed by atoms with Gasteiger partial charge in [-0.3, -0.25) is 0 Å². The number of likely N-dealkylation sites (N-methyl/N-ethyl adjacent to an activating group) is 1. The Bertz CT molecular complexity index is 284. The van der Waals surface area contributed by atoms with E-state index in [0.717, 1.165) is 25.1 Å². The lowest BCUT2D eigenvalue weighted by Gasteiger charge is -2.11. The van der Waals surface area contributed by atoms with Crippen molar-refractivity contribution in [2.45, 2.75) is 25.8 Å². The van der Waals surface area contributed by atoms with Crippen LogP contribution in [-0.4, -0.2) is 25.4 Å². The molecule has 1 aromatic carbocycles. The van der Waals surface area contributed by atoms with E-state index in [0.29, 0.717) is 6.04 Å². The average Bonchev–Trinajstić information content (AvgIpc) is 2.31. The molecule has 0 aliphatic carbocycles. The van der Waals surface area contributed by atoms with Crippen LogP contribution in [0.15, 0.2) is 24.3 Å². The molecule has 2 nitrogen and oxygen atoms in total. The highest BCUT2D eigenvalue weighted by Gasteiger charge is 2.00. The predicted molar refractivity (Wildman–Crippen MR) is 75.6 cm³/mol. The summed E-state index contributed by atoms with van der Waals surface area (Å²) in [7, 11) is 2.00. The van der Waals surface area contributed by atoms with E-state index >= 15 is 0 Å². The van der Waals surface area contributed by atoms with Gasteiger partial charge in [-0.2, -0.15) is 12.6 Å². The minimum atomic E-state index is 0.531. The summed E-state index contributed by atoms with van der Waals surface area (Å²) < 4.78 is 0. The van der Waals surface area contributed by atoms with Crippen molar-refractivity contribution in [1.82, 2.24) is 5.32 Å². The summed E-state index contributed by atoms with van der Waals surface area (Å²) in [6, 6.07) is 9.21. The van der Waals surface area contributed by atoms with E-state index in [1.54, 1.807) is 0 Å². The van der Waals surface area contributed by atoms with Gasteiger partial charge < -0.3 is 10.6 Å². The number of nitrogens with one attached hydrogen (secondary N) is 2. The molecule has 16 heavy (non-hydrogen) atoms. The first-order valence-electron chi connectivity index (χ1n) is 5.87. The van der Waals surface area contributed by atoms with E-state index in [1.807, 2.05) is 7.05 Å². The third kappa shape index (κ3) is 4.90. The average molecular weight is 238 g/mol. The van der Waals surface area contributed by atoms with Crippen LogP contribution in [-0.2, 0) is 6.42 Å². The fourth-order valence-corrected chi connectivity index (χ4v) is 1.68. The number of anilines is 1. The molecule has 0 aliphatic heterocycles. The van der Waals surface area contributed by atoms with Crippen LogP contribution in [0, 0.1) is 0 Å². The third-order valence-electron chi connectivity index (χ3n) is 2.65. The van der Waals surface area contributed by atoms with Gasteiger partial charge in [-0.1, -0.05) is 12.1 Å². The zero-order valence-corrected chi connectivity index (χ0v) is 11.1. The van der Waals surface area contributed by atoms with Gasteiger partial charge in [0.2, 0.25) is 0 Å². The van der Waals surface area contributed by atoms with Gasteiger partial charge in [0.1, 0.15) is 0 Å². The zero-order chi connectivity index (χ0) is 11.8. The molecule has 0 spiro atoms. The number of hydrogen-bond donors (Lipinski definition) is 3. The summed E-state index contributed by atoms with van der Waals surface area (Å²) in [6.45, 7) is 3.19. The van der Waals surface area contributed by atoms with Crippen LogP contribution in [0.4, 0.5) is 5.69 Å². The second-order valence-electron chi connectivity index (χ2n) is 4.09. The van der Waals surface area contributed by atoms with Crippen molar-refractivity contribution in [2.75, 3.05) is 24.7 Å². The van der Waals surface area contributed by atoms with Gasteiger partial charge in [0, 0.05) is 18.3 Å². The lowest BCUT2D eigenvalue weighted by molar-refractivity contribution is 0.608. The molecule has 0 aromatic heterocycles. The summed E-state index contributed by atoms with van der Waals surface area (Å²) in [5.41, 5.74) is 2.57. The summed E-state index contributed by atoms with van der Waals surface area (Å²) in [4.78, 5) is 0. The molecule has 0 bridgehead atoms. The third-order valence-corrected chi connectivity index (χ3v) is 2.97. The Labute approximate surface area is 104 Å². The second-order valence-corrected chi connectivity index (χ2v) is 4.54. The number of thiol groups is 1. The van der Waals surface area contributed by atoms with E-state index in [2.05, 4.69) is 54.5 Å². The Morgan fingerprint density at radius 3 is 2.50 bits per heavy atom. The Balaban J connectivity index is 2.41. The van der Waals surface area contributed by atoms with Gasteiger partial charge in [-0.15, -0.1) is 0 Å². The van der Waals surface area contributed by atoms with E-state index < -0.39 is 0 Å². The molecule has 1 aromatic rings. The maximum atomic E-state index is 4.18. The van der Waals surface area contributed by atoms with Gasteiger partial charge in [-0.25, -0.2) is 0 Å². The van der Waals surface area contributed by atoms with Crippen molar-refractivity contribution in [1.29, 1.82) is 0 Å². The molecule has 3 heteroatoms. The second kappa shape index (κ2) is 7.58. The molecule has 0 saturated heterocycles. The van der Waals surface area contributed by atoms with Crippen molar-refractivity contribution in [2.24, 2.45) is 0 Å². The maximum absolute atomic E-state index is 4.18. The lowest BCUT2D eigenvalue weighted by Crippen LogP contribution is -2.23. The van der Waals surface area contributed by atoms with E-state index in [9.17, 15) is 0 Å². The van der Waals surface area contributed by atoms with Gasteiger partial charge in [0.25, 0.3) is 0 Å². The molecular weight excluding hydrogens is 216 g/mol. The smallest absolute Gasteiger partial charge is 0.0340 e. The summed E-state index contributed by atoms with van der Waals surface area (Å²) in [6.07, 6.45) is 2.18. The monoisotopic (exact) mass is 238 g/mol. The first-order chi connectivity index (χ1) is 7.76. The molecule has 1 rings (SSSR count). The molecule has 0 radical (unpaired) electrons. The van der Waals surface area contributed by atoms with Crippen LogP contribution in [0.2, 0.25) is 0 Å². The molecule has 0 fully saturated rings. The molecule has 2 N–H and O–H groups in total. The standard InChI is InChI=1S/C13H22N2S/c1-11(14-2)10-12-4-6-13(7-5-12)15-8-3-9-16/h4-7,11,14-16H,3,8-10H2,1-2H3. The predicted octanol–water partition coefficient (Wildman–Crippen LogP) is 2.57. The van der Waals surface area contributed by atoms with E-state index in [1.165, 1.54) is 11.3 Å². The Hall–Kier alpha value is -0.670. The highest BCUT2D eigenvalue weighted by atomic mass is 32.1. The summed E-state index contributed by atoms with van der Waals surface area (Å²) in [5, 5.41) is 6.62. The summed E-state index contributed by atoms with van der Waals surface area (Å²) >= 11 is 4.18. The molecule has 1 atom stereocenters. The van der Waals surface area contributed by atoms with Crippen molar-refractivity contribution in [3.63, 3.8) is 0 Å².